The lowest BCUT2D eigenvalue weighted by molar-refractivity contribution is 0.0474. The van der Waals surface area contributed by atoms with E-state index >= 15 is 0 Å². The summed E-state index contributed by atoms with van der Waals surface area (Å²) in [5.41, 5.74) is 5.66. The van der Waals surface area contributed by atoms with E-state index in [4.69, 9.17) is 9.47 Å². The van der Waals surface area contributed by atoms with E-state index in [9.17, 15) is 9.59 Å². The summed E-state index contributed by atoms with van der Waals surface area (Å²) in [4.78, 5) is 30.4. The van der Waals surface area contributed by atoms with Crippen molar-refractivity contribution in [2.75, 3.05) is 13.2 Å². The monoisotopic (exact) mass is 768 g/mol. The van der Waals surface area contributed by atoms with Crippen LogP contribution in [0.2, 0.25) is 0 Å². The Hall–Kier alpha value is -3.52. The van der Waals surface area contributed by atoms with E-state index in [2.05, 4.69) is 76.6 Å². The molecule has 0 aliphatic carbocycles. The molecule has 0 saturated carbocycles. The van der Waals surface area contributed by atoms with Crippen LogP contribution in [0.1, 0.15) is 114 Å². The van der Waals surface area contributed by atoms with Crippen LogP contribution >= 0.6 is 34.0 Å². The summed E-state index contributed by atoms with van der Waals surface area (Å²) in [7, 11) is 0. The fourth-order valence-electron chi connectivity index (χ4n) is 6.52. The van der Waals surface area contributed by atoms with Crippen molar-refractivity contribution in [3.8, 4) is 41.8 Å². The summed E-state index contributed by atoms with van der Waals surface area (Å²) in [6, 6.07) is 24.3. The fraction of sp³-hybridized carbons (Fsp3) is 0.435. The minimum atomic E-state index is -0.256. The number of hydrogen-bond acceptors (Lipinski definition) is 7. The largest absolute Gasteiger partial charge is 0.462 e. The molecule has 282 valence electrons. The van der Waals surface area contributed by atoms with Gasteiger partial charge in [0.1, 0.15) is 0 Å². The third-order valence-electron chi connectivity index (χ3n) is 9.89. The second-order valence-electron chi connectivity index (χ2n) is 15.4. The van der Waals surface area contributed by atoms with Crippen molar-refractivity contribution in [1.82, 2.24) is 0 Å². The van der Waals surface area contributed by atoms with E-state index in [0.29, 0.717) is 36.2 Å². The minimum absolute atomic E-state index is 0.256. The molecule has 2 atom stereocenters. The Labute approximate surface area is 329 Å². The first-order valence-electron chi connectivity index (χ1n) is 19.4. The standard InChI is InChI=1S/C46H56O4S3/c1-31(2)9-7-11-33(5)23-27-49-45(47)37-17-13-35(14-18-37)39-25-29-51-43(39)41-21-22-42(53-41)44-40(26-30-52-44)36-15-19-38(20-16-36)46(48)50-28-24-34(6)12-8-10-32(3)4/h13-22,25-26,29-34H,7-12,23-24,27-28H2,1-6H3. The van der Waals surface area contributed by atoms with E-state index in [-0.39, 0.29) is 11.9 Å². The van der Waals surface area contributed by atoms with E-state index in [0.717, 1.165) is 46.9 Å². The molecule has 7 heteroatoms. The van der Waals surface area contributed by atoms with Crippen LogP contribution in [0.25, 0.3) is 41.8 Å². The van der Waals surface area contributed by atoms with Gasteiger partial charge < -0.3 is 9.47 Å². The molecular formula is C46H56O4S3. The molecule has 53 heavy (non-hydrogen) atoms. The molecule has 0 fully saturated rings. The van der Waals surface area contributed by atoms with Crippen molar-refractivity contribution in [2.24, 2.45) is 23.7 Å². The van der Waals surface area contributed by atoms with Gasteiger partial charge in [0.2, 0.25) is 0 Å². The topological polar surface area (TPSA) is 52.6 Å². The minimum Gasteiger partial charge on any atom is -0.462 e. The Balaban J connectivity index is 1.17. The van der Waals surface area contributed by atoms with Gasteiger partial charge in [-0.2, -0.15) is 0 Å². The lowest BCUT2D eigenvalue weighted by Crippen LogP contribution is -2.09. The molecule has 3 aromatic heterocycles. The molecule has 0 N–H and O–H groups in total. The molecule has 2 aromatic carbocycles. The Bertz CT molecular complexity index is 1720. The van der Waals surface area contributed by atoms with Crippen molar-refractivity contribution >= 4 is 45.9 Å². The fourth-order valence-corrected chi connectivity index (χ4v) is 9.65. The molecule has 0 bridgehead atoms. The summed E-state index contributed by atoms with van der Waals surface area (Å²) in [5, 5.41) is 4.26. The third-order valence-corrected chi connectivity index (χ3v) is 13.2. The highest BCUT2D eigenvalue weighted by molar-refractivity contribution is 7.26. The van der Waals surface area contributed by atoms with Crippen LogP contribution in [0.5, 0.6) is 0 Å². The summed E-state index contributed by atoms with van der Waals surface area (Å²) >= 11 is 5.26. The third kappa shape index (κ3) is 12.0. The molecule has 2 unspecified atom stereocenters. The van der Waals surface area contributed by atoms with Gasteiger partial charge in [-0.15, -0.1) is 34.0 Å². The first kappa shape index (κ1) is 40.7. The van der Waals surface area contributed by atoms with Crippen molar-refractivity contribution in [1.29, 1.82) is 0 Å². The molecular weight excluding hydrogens is 713 g/mol. The van der Waals surface area contributed by atoms with Gasteiger partial charge in [0.15, 0.2) is 0 Å². The number of thiophene rings is 3. The maximum Gasteiger partial charge on any atom is 0.338 e. The van der Waals surface area contributed by atoms with Gasteiger partial charge >= 0.3 is 11.9 Å². The van der Waals surface area contributed by atoms with Crippen LogP contribution in [0.15, 0.2) is 83.6 Å². The van der Waals surface area contributed by atoms with Crippen molar-refractivity contribution < 1.29 is 19.1 Å². The number of esters is 2. The van der Waals surface area contributed by atoms with Crippen LogP contribution in [-0.4, -0.2) is 25.2 Å². The maximum absolute atomic E-state index is 12.8. The number of benzene rings is 2. The quantitative estimate of drug-likeness (QED) is 0.0740. The SMILES string of the molecule is CC(C)CCCC(C)CCOC(=O)c1ccc(-c2ccsc2-c2ccc(-c3sccc3-c3ccc(C(=O)OCCC(C)CCCC(C)C)cc3)s2)cc1. The van der Waals surface area contributed by atoms with E-state index in [1.165, 1.54) is 58.0 Å². The van der Waals surface area contributed by atoms with E-state index in [1.807, 2.05) is 48.5 Å². The Kier molecular flexibility index (Phi) is 15.5. The molecule has 0 amide bonds. The molecule has 5 aromatic rings. The van der Waals surface area contributed by atoms with Gasteiger partial charge in [-0.25, -0.2) is 9.59 Å². The van der Waals surface area contributed by atoms with Crippen molar-refractivity contribution in [2.45, 2.75) is 92.9 Å². The zero-order valence-corrected chi connectivity index (χ0v) is 34.8. The first-order valence-corrected chi connectivity index (χ1v) is 22.0. The molecule has 0 aliphatic rings. The van der Waals surface area contributed by atoms with Gasteiger partial charge in [-0.05, 0) is 107 Å². The Morgan fingerprint density at radius 1 is 0.509 bits per heavy atom. The molecule has 0 spiro atoms. The van der Waals surface area contributed by atoms with Gasteiger partial charge in [0.05, 0.1) is 34.1 Å². The highest BCUT2D eigenvalue weighted by Gasteiger charge is 2.17. The van der Waals surface area contributed by atoms with E-state index in [1.54, 1.807) is 34.0 Å². The molecule has 5 rings (SSSR count). The van der Waals surface area contributed by atoms with Crippen LogP contribution in [0.4, 0.5) is 0 Å². The second kappa shape index (κ2) is 20.2. The molecule has 3 heterocycles. The number of hydrogen-bond donors (Lipinski definition) is 0. The molecule has 0 saturated heterocycles. The highest BCUT2D eigenvalue weighted by Crippen LogP contribution is 2.46. The summed E-state index contributed by atoms with van der Waals surface area (Å²) in [5.74, 6) is 2.07. The first-order chi connectivity index (χ1) is 25.6. The van der Waals surface area contributed by atoms with Crippen LogP contribution in [-0.2, 0) is 9.47 Å². The van der Waals surface area contributed by atoms with Crippen LogP contribution < -0.4 is 0 Å². The summed E-state index contributed by atoms with van der Waals surface area (Å²) in [6.45, 7) is 14.5. The van der Waals surface area contributed by atoms with Gasteiger partial charge in [0, 0.05) is 20.9 Å². The van der Waals surface area contributed by atoms with E-state index < -0.39 is 0 Å². The molecule has 0 aliphatic heterocycles. The summed E-state index contributed by atoms with van der Waals surface area (Å²) in [6.07, 6.45) is 9.12. The van der Waals surface area contributed by atoms with Crippen molar-refractivity contribution in [3.05, 3.63) is 94.7 Å². The number of carbonyl (C=O) groups is 2. The number of rotatable bonds is 20. The highest BCUT2D eigenvalue weighted by atomic mass is 32.1. The maximum atomic E-state index is 12.8. The Morgan fingerprint density at radius 3 is 1.28 bits per heavy atom. The number of carbonyl (C=O) groups excluding carboxylic acids is 2. The second-order valence-corrected chi connectivity index (χ2v) is 18.3. The normalized spacial score (nSPS) is 12.7. The van der Waals surface area contributed by atoms with Gasteiger partial charge in [-0.1, -0.05) is 104 Å². The predicted molar refractivity (Wildman–Crippen MR) is 227 cm³/mol. The Morgan fingerprint density at radius 2 is 0.906 bits per heavy atom. The van der Waals surface area contributed by atoms with Crippen LogP contribution in [0.3, 0.4) is 0 Å². The predicted octanol–water partition coefficient (Wildman–Crippen LogP) is 14.6. The average Bonchev–Trinajstić information content (AvgIpc) is 3.93. The van der Waals surface area contributed by atoms with Gasteiger partial charge in [-0.3, -0.25) is 0 Å². The zero-order valence-electron chi connectivity index (χ0n) is 32.3. The van der Waals surface area contributed by atoms with Crippen LogP contribution in [0, 0.1) is 23.7 Å². The number of ether oxygens (including phenoxy) is 2. The smallest absolute Gasteiger partial charge is 0.338 e. The lowest BCUT2D eigenvalue weighted by atomic mass is 9.98. The zero-order chi connectivity index (χ0) is 37.7. The van der Waals surface area contributed by atoms with Crippen molar-refractivity contribution in [3.63, 3.8) is 0 Å². The molecule has 4 nitrogen and oxygen atoms in total. The van der Waals surface area contributed by atoms with Gasteiger partial charge in [0.25, 0.3) is 0 Å². The lowest BCUT2D eigenvalue weighted by Gasteiger charge is -2.12. The average molecular weight is 769 g/mol. The summed E-state index contributed by atoms with van der Waals surface area (Å²) < 4.78 is 11.3. The molecule has 0 radical (unpaired) electrons.